The summed E-state index contributed by atoms with van der Waals surface area (Å²) in [7, 11) is 0. The Morgan fingerprint density at radius 3 is 2.34 bits per heavy atom. The van der Waals surface area contributed by atoms with E-state index in [1.54, 1.807) is 6.33 Å². The predicted octanol–water partition coefficient (Wildman–Crippen LogP) is 4.91. The summed E-state index contributed by atoms with van der Waals surface area (Å²) in [5.74, 6) is 1.58. The number of hydrogen-bond acceptors (Lipinski definition) is 4. The Morgan fingerprint density at radius 1 is 0.862 bits per heavy atom. The summed E-state index contributed by atoms with van der Waals surface area (Å²) >= 11 is 0. The second-order valence-electron chi connectivity index (χ2n) is 6.89. The first-order chi connectivity index (χ1) is 14.4. The van der Waals surface area contributed by atoms with E-state index in [0.29, 0.717) is 6.61 Å². The van der Waals surface area contributed by atoms with E-state index < -0.39 is 0 Å². The van der Waals surface area contributed by atoms with Gasteiger partial charge < -0.3 is 10.1 Å². The van der Waals surface area contributed by atoms with Gasteiger partial charge in [-0.25, -0.2) is 4.68 Å². The molecule has 2 heterocycles. The molecule has 1 atom stereocenters. The summed E-state index contributed by atoms with van der Waals surface area (Å²) in [5.41, 5.74) is 4.42. The summed E-state index contributed by atoms with van der Waals surface area (Å²) in [4.78, 5) is 4.36. The number of nitrogens with zero attached hydrogens (tertiary/aromatic N) is 3. The molecule has 0 amide bonds. The third-order valence-electron chi connectivity index (χ3n) is 4.96. The summed E-state index contributed by atoms with van der Waals surface area (Å²) < 4.78 is 7.81. The highest BCUT2D eigenvalue weighted by Gasteiger charge is 2.23. The molecule has 0 aliphatic carbocycles. The minimum absolute atomic E-state index is 0.0351. The zero-order valence-corrected chi connectivity index (χ0v) is 15.8. The molecule has 1 aliphatic heterocycles. The average molecular weight is 380 g/mol. The molecule has 0 saturated carbocycles. The van der Waals surface area contributed by atoms with Crippen molar-refractivity contribution in [2.24, 2.45) is 0 Å². The lowest BCUT2D eigenvalue weighted by Crippen LogP contribution is -2.20. The first-order valence-electron chi connectivity index (χ1n) is 9.57. The van der Waals surface area contributed by atoms with E-state index in [-0.39, 0.29) is 6.04 Å². The molecule has 4 aromatic rings. The molecule has 5 rings (SSSR count). The number of allylic oxidation sites excluding steroid dienone is 1. The smallest absolute Gasteiger partial charge is 0.226 e. The lowest BCUT2D eigenvalue weighted by molar-refractivity contribution is 0.306. The summed E-state index contributed by atoms with van der Waals surface area (Å²) in [6, 6.07) is 28.6. The SMILES string of the molecule is C1=C(c2ccccc2)Nc2ncnn2C1c1ccc(OCc2ccccc2)cc1. The fraction of sp³-hybridized carbons (Fsp3) is 0.0833. The number of hydrogen-bond donors (Lipinski definition) is 1. The lowest BCUT2D eigenvalue weighted by Gasteiger charge is -2.24. The molecule has 1 aliphatic rings. The topological polar surface area (TPSA) is 52.0 Å². The van der Waals surface area contributed by atoms with Gasteiger partial charge in [0.2, 0.25) is 5.95 Å². The number of nitrogens with one attached hydrogen (secondary N) is 1. The van der Waals surface area contributed by atoms with Crippen LogP contribution in [0.15, 0.2) is 97.3 Å². The molecule has 1 aromatic heterocycles. The van der Waals surface area contributed by atoms with Crippen molar-refractivity contribution in [3.05, 3.63) is 114 Å². The summed E-state index contributed by atoms with van der Waals surface area (Å²) in [5, 5.41) is 7.78. The van der Waals surface area contributed by atoms with Gasteiger partial charge in [0.05, 0.1) is 0 Å². The van der Waals surface area contributed by atoms with Crippen LogP contribution in [0.25, 0.3) is 5.70 Å². The van der Waals surface area contributed by atoms with Gasteiger partial charge in [0.15, 0.2) is 0 Å². The third kappa shape index (κ3) is 3.62. The standard InChI is InChI=1S/C24H20N4O/c1-3-7-18(8-4-1)16-29-21-13-11-20(12-14-21)23-15-22(19-9-5-2-6-10-19)27-24-25-17-26-28(23)24/h1-15,17,23H,16H2,(H,25,26,27). The molecule has 0 spiro atoms. The molecule has 0 radical (unpaired) electrons. The molecular formula is C24H20N4O. The van der Waals surface area contributed by atoms with Crippen LogP contribution >= 0.6 is 0 Å². The van der Waals surface area contributed by atoms with Gasteiger partial charge >= 0.3 is 0 Å². The fourth-order valence-electron chi connectivity index (χ4n) is 3.46. The van der Waals surface area contributed by atoms with E-state index >= 15 is 0 Å². The van der Waals surface area contributed by atoms with Gasteiger partial charge in [0.1, 0.15) is 24.7 Å². The Balaban J connectivity index is 1.40. The van der Waals surface area contributed by atoms with E-state index in [2.05, 4.69) is 57.9 Å². The maximum Gasteiger partial charge on any atom is 0.226 e. The van der Waals surface area contributed by atoms with E-state index in [0.717, 1.165) is 34.1 Å². The Hall–Kier alpha value is -3.86. The van der Waals surface area contributed by atoms with Crippen LogP contribution in [0.1, 0.15) is 22.7 Å². The molecule has 0 saturated heterocycles. The molecule has 0 fully saturated rings. The molecule has 29 heavy (non-hydrogen) atoms. The average Bonchev–Trinajstić information content (AvgIpc) is 3.28. The van der Waals surface area contributed by atoms with Gasteiger partial charge in [-0.2, -0.15) is 10.1 Å². The molecule has 3 aromatic carbocycles. The predicted molar refractivity (Wildman–Crippen MR) is 113 cm³/mol. The normalized spacial score (nSPS) is 15.2. The van der Waals surface area contributed by atoms with Crippen LogP contribution < -0.4 is 10.1 Å². The Bertz CT molecular complexity index is 1120. The van der Waals surface area contributed by atoms with Crippen molar-refractivity contribution in [2.45, 2.75) is 12.6 Å². The maximum absolute atomic E-state index is 5.92. The van der Waals surface area contributed by atoms with Gasteiger partial charge in [0.25, 0.3) is 0 Å². The number of ether oxygens (including phenoxy) is 1. The molecule has 142 valence electrons. The summed E-state index contributed by atoms with van der Waals surface area (Å²) in [6.07, 6.45) is 3.76. The number of aromatic nitrogens is 3. The first kappa shape index (κ1) is 17.3. The van der Waals surface area contributed by atoms with Gasteiger partial charge in [0, 0.05) is 5.70 Å². The summed E-state index contributed by atoms with van der Waals surface area (Å²) in [6.45, 7) is 0.554. The molecular weight excluding hydrogens is 360 g/mol. The van der Waals surface area contributed by atoms with Crippen LogP contribution in [0.2, 0.25) is 0 Å². The Kier molecular flexibility index (Phi) is 4.54. The van der Waals surface area contributed by atoms with Crippen LogP contribution in [0, 0.1) is 0 Å². The second-order valence-corrected chi connectivity index (χ2v) is 6.89. The Labute approximate surface area is 169 Å². The monoisotopic (exact) mass is 380 g/mol. The highest BCUT2D eigenvalue weighted by Crippen LogP contribution is 2.32. The first-order valence-corrected chi connectivity index (χ1v) is 9.57. The zero-order valence-electron chi connectivity index (χ0n) is 15.8. The number of anilines is 1. The molecule has 5 heteroatoms. The minimum Gasteiger partial charge on any atom is -0.489 e. The van der Waals surface area contributed by atoms with Crippen molar-refractivity contribution in [1.82, 2.24) is 14.8 Å². The van der Waals surface area contributed by atoms with Gasteiger partial charge in [-0.3, -0.25) is 0 Å². The highest BCUT2D eigenvalue weighted by molar-refractivity contribution is 5.77. The third-order valence-corrected chi connectivity index (χ3v) is 4.96. The van der Waals surface area contributed by atoms with Crippen LogP contribution in [0.5, 0.6) is 5.75 Å². The van der Waals surface area contributed by atoms with Crippen LogP contribution in [0.3, 0.4) is 0 Å². The maximum atomic E-state index is 5.92. The van der Waals surface area contributed by atoms with Crippen LogP contribution in [-0.2, 0) is 6.61 Å². The quantitative estimate of drug-likeness (QED) is 0.534. The van der Waals surface area contributed by atoms with E-state index in [9.17, 15) is 0 Å². The van der Waals surface area contributed by atoms with Crippen molar-refractivity contribution in [1.29, 1.82) is 0 Å². The zero-order chi connectivity index (χ0) is 19.5. The van der Waals surface area contributed by atoms with Crippen molar-refractivity contribution in [3.63, 3.8) is 0 Å². The van der Waals surface area contributed by atoms with E-state index in [1.807, 2.05) is 53.2 Å². The Morgan fingerprint density at radius 2 is 1.59 bits per heavy atom. The highest BCUT2D eigenvalue weighted by atomic mass is 16.5. The fourth-order valence-corrected chi connectivity index (χ4v) is 3.46. The molecule has 1 unspecified atom stereocenters. The van der Waals surface area contributed by atoms with E-state index in [4.69, 9.17) is 4.74 Å². The number of benzene rings is 3. The van der Waals surface area contributed by atoms with Gasteiger partial charge in [-0.05, 0) is 34.9 Å². The van der Waals surface area contributed by atoms with Crippen molar-refractivity contribution in [3.8, 4) is 5.75 Å². The number of fused-ring (bicyclic) bond motifs is 1. The lowest BCUT2D eigenvalue weighted by atomic mass is 10.0. The molecule has 5 nitrogen and oxygen atoms in total. The molecule has 1 N–H and O–H groups in total. The van der Waals surface area contributed by atoms with Gasteiger partial charge in [-0.15, -0.1) is 0 Å². The second kappa shape index (κ2) is 7.64. The van der Waals surface area contributed by atoms with Crippen molar-refractivity contribution in [2.75, 3.05) is 5.32 Å². The van der Waals surface area contributed by atoms with Gasteiger partial charge in [-0.1, -0.05) is 72.8 Å². The largest absolute Gasteiger partial charge is 0.489 e. The minimum atomic E-state index is -0.0351. The van der Waals surface area contributed by atoms with Crippen LogP contribution in [0.4, 0.5) is 5.95 Å². The number of rotatable bonds is 5. The van der Waals surface area contributed by atoms with E-state index in [1.165, 1.54) is 0 Å². The van der Waals surface area contributed by atoms with Crippen LogP contribution in [-0.4, -0.2) is 14.8 Å². The molecule has 0 bridgehead atoms. The van der Waals surface area contributed by atoms with Crippen molar-refractivity contribution < 1.29 is 4.74 Å². The van der Waals surface area contributed by atoms with Crippen molar-refractivity contribution >= 4 is 11.6 Å².